The van der Waals surface area contributed by atoms with E-state index in [2.05, 4.69) is 17.0 Å². The highest BCUT2D eigenvalue weighted by atomic mass is 16.5. The molecule has 3 unspecified atom stereocenters. The fourth-order valence-corrected chi connectivity index (χ4v) is 4.63. The van der Waals surface area contributed by atoms with Gasteiger partial charge in [0.25, 0.3) is 0 Å². The van der Waals surface area contributed by atoms with Crippen LogP contribution in [0, 0.1) is 17.8 Å². The van der Waals surface area contributed by atoms with Crippen molar-refractivity contribution in [2.45, 2.75) is 38.6 Å². The predicted molar refractivity (Wildman–Crippen MR) is 81.1 cm³/mol. The van der Waals surface area contributed by atoms with Gasteiger partial charge in [0.05, 0.1) is 7.11 Å². The van der Waals surface area contributed by atoms with E-state index in [4.69, 9.17) is 4.74 Å². The third-order valence-electron chi connectivity index (χ3n) is 5.79. The quantitative estimate of drug-likeness (QED) is 0.836. The number of hydrogen-bond acceptors (Lipinski definition) is 2. The Bertz CT molecular complexity index is 568. The third-order valence-corrected chi connectivity index (χ3v) is 5.79. The molecule has 2 bridgehead atoms. The fourth-order valence-electron chi connectivity index (χ4n) is 4.63. The zero-order valence-corrected chi connectivity index (χ0v) is 12.7. The summed E-state index contributed by atoms with van der Waals surface area (Å²) in [6, 6.07) is 6.26. The molecule has 1 amide bonds. The smallest absolute Gasteiger partial charge is 0.226 e. The summed E-state index contributed by atoms with van der Waals surface area (Å²) in [5.41, 5.74) is 2.63. The second-order valence-corrected chi connectivity index (χ2v) is 6.93. The lowest BCUT2D eigenvalue weighted by Crippen LogP contribution is -2.41. The Morgan fingerprint density at radius 3 is 2.86 bits per heavy atom. The lowest BCUT2D eigenvalue weighted by atomic mass is 9.87. The molecule has 0 saturated heterocycles. The van der Waals surface area contributed by atoms with E-state index in [0.29, 0.717) is 17.7 Å². The molecule has 3 aliphatic rings. The molecule has 3 nitrogen and oxygen atoms in total. The van der Waals surface area contributed by atoms with Crippen LogP contribution in [0.2, 0.25) is 0 Å². The number of carbonyl (C=O) groups excluding carboxylic acids is 1. The van der Waals surface area contributed by atoms with E-state index in [0.717, 1.165) is 37.6 Å². The fraction of sp³-hybridized carbons (Fsp3) is 0.611. The summed E-state index contributed by atoms with van der Waals surface area (Å²) < 4.78 is 5.31. The molecule has 1 aromatic carbocycles. The number of nitrogens with zero attached hydrogens (tertiary/aromatic N) is 1. The van der Waals surface area contributed by atoms with Crippen LogP contribution in [0.1, 0.15) is 36.8 Å². The van der Waals surface area contributed by atoms with E-state index >= 15 is 0 Å². The minimum Gasteiger partial charge on any atom is -0.497 e. The first-order chi connectivity index (χ1) is 10.2. The van der Waals surface area contributed by atoms with Crippen molar-refractivity contribution in [3.8, 4) is 5.75 Å². The Labute approximate surface area is 126 Å². The number of ether oxygens (including phenoxy) is 1. The van der Waals surface area contributed by atoms with E-state index in [-0.39, 0.29) is 0 Å². The third kappa shape index (κ3) is 2.23. The van der Waals surface area contributed by atoms with Gasteiger partial charge in [-0.05, 0) is 60.8 Å². The van der Waals surface area contributed by atoms with Crippen LogP contribution >= 0.6 is 0 Å². The maximum absolute atomic E-state index is 12.8. The molecule has 1 aromatic rings. The second-order valence-electron chi connectivity index (χ2n) is 6.93. The molecule has 3 atom stereocenters. The van der Waals surface area contributed by atoms with Gasteiger partial charge in [-0.15, -0.1) is 0 Å². The van der Waals surface area contributed by atoms with Crippen LogP contribution in [-0.2, 0) is 17.8 Å². The van der Waals surface area contributed by atoms with Crippen molar-refractivity contribution in [1.29, 1.82) is 0 Å². The van der Waals surface area contributed by atoms with Crippen LogP contribution in [0.5, 0.6) is 5.75 Å². The molecular formula is C18H23NO2. The van der Waals surface area contributed by atoms with E-state index in [9.17, 15) is 4.79 Å². The number of methoxy groups -OCH3 is 1. The highest BCUT2D eigenvalue weighted by molar-refractivity contribution is 5.80. The molecule has 21 heavy (non-hydrogen) atoms. The number of hydrogen-bond donors (Lipinski definition) is 0. The Morgan fingerprint density at radius 1 is 1.24 bits per heavy atom. The van der Waals surface area contributed by atoms with Crippen molar-refractivity contribution in [1.82, 2.24) is 4.90 Å². The lowest BCUT2D eigenvalue weighted by molar-refractivity contribution is -0.138. The number of amides is 1. The van der Waals surface area contributed by atoms with Crippen LogP contribution in [-0.4, -0.2) is 24.5 Å². The minimum atomic E-state index is 0.316. The van der Waals surface area contributed by atoms with Crippen LogP contribution in [0.25, 0.3) is 0 Å². The summed E-state index contributed by atoms with van der Waals surface area (Å²) in [6.07, 6.45) is 6.05. The normalized spacial score (nSPS) is 30.3. The minimum absolute atomic E-state index is 0.316. The molecule has 1 heterocycles. The predicted octanol–water partition coefficient (Wildman–Crippen LogP) is 3.02. The van der Waals surface area contributed by atoms with Crippen molar-refractivity contribution >= 4 is 5.91 Å². The number of rotatable bonds is 2. The first kappa shape index (κ1) is 13.2. The van der Waals surface area contributed by atoms with Gasteiger partial charge in [0.1, 0.15) is 5.75 Å². The molecule has 4 rings (SSSR count). The van der Waals surface area contributed by atoms with Crippen LogP contribution < -0.4 is 4.74 Å². The number of fused-ring (bicyclic) bond motifs is 3. The molecule has 2 fully saturated rings. The van der Waals surface area contributed by atoms with Gasteiger partial charge in [-0.1, -0.05) is 12.5 Å². The van der Waals surface area contributed by atoms with Crippen molar-refractivity contribution in [2.24, 2.45) is 17.8 Å². The first-order valence-corrected chi connectivity index (χ1v) is 8.19. The van der Waals surface area contributed by atoms with Gasteiger partial charge in [-0.3, -0.25) is 4.79 Å². The van der Waals surface area contributed by atoms with Crippen LogP contribution in [0.3, 0.4) is 0 Å². The Balaban J connectivity index is 1.51. The van der Waals surface area contributed by atoms with Gasteiger partial charge in [0, 0.05) is 19.0 Å². The molecule has 0 N–H and O–H groups in total. The number of carbonyl (C=O) groups is 1. The average Bonchev–Trinajstić information content (AvgIpc) is 3.16. The summed E-state index contributed by atoms with van der Waals surface area (Å²) in [5.74, 6) is 3.13. The molecular weight excluding hydrogens is 262 g/mol. The van der Waals surface area contributed by atoms with Gasteiger partial charge in [0.2, 0.25) is 5.91 Å². The van der Waals surface area contributed by atoms with Crippen molar-refractivity contribution in [2.75, 3.05) is 13.7 Å². The van der Waals surface area contributed by atoms with Gasteiger partial charge in [-0.2, -0.15) is 0 Å². The summed E-state index contributed by atoms with van der Waals surface area (Å²) in [5, 5.41) is 0. The monoisotopic (exact) mass is 285 g/mol. The zero-order chi connectivity index (χ0) is 14.4. The molecule has 0 spiro atoms. The van der Waals surface area contributed by atoms with Gasteiger partial charge in [-0.25, -0.2) is 0 Å². The molecule has 1 aliphatic heterocycles. The van der Waals surface area contributed by atoms with Gasteiger partial charge < -0.3 is 9.64 Å². The van der Waals surface area contributed by atoms with Crippen LogP contribution in [0.15, 0.2) is 18.2 Å². The highest BCUT2D eigenvalue weighted by Gasteiger charge is 2.44. The van der Waals surface area contributed by atoms with Crippen molar-refractivity contribution in [3.05, 3.63) is 29.3 Å². The van der Waals surface area contributed by atoms with E-state index < -0.39 is 0 Å². The van der Waals surface area contributed by atoms with Crippen LogP contribution in [0.4, 0.5) is 0 Å². The highest BCUT2D eigenvalue weighted by Crippen LogP contribution is 2.49. The molecule has 2 saturated carbocycles. The molecule has 3 heteroatoms. The first-order valence-electron chi connectivity index (χ1n) is 8.19. The Hall–Kier alpha value is -1.51. The van der Waals surface area contributed by atoms with E-state index in [1.54, 1.807) is 7.11 Å². The maximum Gasteiger partial charge on any atom is 0.226 e. The molecule has 0 aromatic heterocycles. The zero-order valence-electron chi connectivity index (χ0n) is 12.7. The summed E-state index contributed by atoms with van der Waals surface area (Å²) in [6.45, 7) is 1.64. The molecule has 2 aliphatic carbocycles. The summed E-state index contributed by atoms with van der Waals surface area (Å²) in [7, 11) is 1.70. The van der Waals surface area contributed by atoms with Crippen molar-refractivity contribution in [3.63, 3.8) is 0 Å². The second kappa shape index (κ2) is 5.04. The van der Waals surface area contributed by atoms with E-state index in [1.165, 1.54) is 30.4 Å². The topological polar surface area (TPSA) is 29.5 Å². The van der Waals surface area contributed by atoms with Gasteiger partial charge >= 0.3 is 0 Å². The molecule has 0 radical (unpaired) electrons. The van der Waals surface area contributed by atoms with Gasteiger partial charge in [0.15, 0.2) is 0 Å². The van der Waals surface area contributed by atoms with E-state index in [1.807, 2.05) is 6.07 Å². The Morgan fingerprint density at radius 2 is 2.14 bits per heavy atom. The maximum atomic E-state index is 12.8. The Kier molecular flexibility index (Phi) is 3.16. The van der Waals surface area contributed by atoms with Crippen molar-refractivity contribution < 1.29 is 9.53 Å². The SMILES string of the molecule is COc1ccc2c(c1)CN(C(=O)C1CC3CCC1C3)CC2. The summed E-state index contributed by atoms with van der Waals surface area (Å²) in [4.78, 5) is 14.9. The average molecular weight is 285 g/mol. The standard InChI is InChI=1S/C18H23NO2/c1-21-16-5-4-13-6-7-19(11-15(13)10-16)18(20)17-9-12-2-3-14(17)8-12/h4-5,10,12,14,17H,2-3,6-9,11H2,1H3. The lowest BCUT2D eigenvalue weighted by Gasteiger charge is -2.33. The summed E-state index contributed by atoms with van der Waals surface area (Å²) >= 11 is 0. The largest absolute Gasteiger partial charge is 0.497 e. The number of benzene rings is 1. The molecule has 112 valence electrons.